The highest BCUT2D eigenvalue weighted by molar-refractivity contribution is 5.93. The first-order chi connectivity index (χ1) is 13.6. The summed E-state index contributed by atoms with van der Waals surface area (Å²) in [6, 6.07) is 8.85. The number of hydrogen-bond donors (Lipinski definition) is 1. The monoisotopic (exact) mass is 373 g/mol. The Labute approximate surface area is 165 Å². The molecule has 4 rings (SSSR count). The molecule has 1 aromatic carbocycles. The summed E-state index contributed by atoms with van der Waals surface area (Å²) >= 11 is 0. The number of rotatable bonds is 6. The average molecular weight is 374 g/mol. The second-order valence-corrected chi connectivity index (χ2v) is 7.37. The lowest BCUT2D eigenvalue weighted by Crippen LogP contribution is -2.09. The first-order valence-corrected chi connectivity index (χ1v) is 9.92. The van der Waals surface area contributed by atoms with Crippen LogP contribution in [0.2, 0.25) is 0 Å². The van der Waals surface area contributed by atoms with Crippen LogP contribution in [-0.2, 0) is 0 Å². The van der Waals surface area contributed by atoms with Crippen molar-refractivity contribution in [2.45, 2.75) is 46.6 Å². The van der Waals surface area contributed by atoms with Gasteiger partial charge in [-0.2, -0.15) is 9.61 Å². The smallest absolute Gasteiger partial charge is 0.159 e. The van der Waals surface area contributed by atoms with Crippen LogP contribution in [0.5, 0.6) is 0 Å². The summed E-state index contributed by atoms with van der Waals surface area (Å²) in [7, 11) is 0. The fourth-order valence-corrected chi connectivity index (χ4v) is 4.09. The standard InChI is InChI=1S/C23H27N5/c1-6-17-14-15(4)13-16(5)21(17)26-22-19-10-12-27(18(7-2)8-3)23(19)28-20(25-22)9-11-24-28/h6,9-14,18H,1,7-8H2,2-5H3,(H,25,26). The molecule has 3 aromatic heterocycles. The minimum Gasteiger partial charge on any atom is -0.339 e. The molecule has 0 unspecified atom stereocenters. The third-order valence-corrected chi connectivity index (χ3v) is 5.50. The van der Waals surface area contributed by atoms with E-state index in [1.165, 1.54) is 11.1 Å². The molecule has 0 bridgehead atoms. The number of anilines is 2. The van der Waals surface area contributed by atoms with Crippen LogP contribution in [0, 0.1) is 13.8 Å². The molecule has 0 saturated heterocycles. The highest BCUT2D eigenvalue weighted by atomic mass is 15.3. The van der Waals surface area contributed by atoms with Gasteiger partial charge in [0.1, 0.15) is 11.5 Å². The molecule has 0 fully saturated rings. The molecule has 5 nitrogen and oxygen atoms in total. The van der Waals surface area contributed by atoms with Crippen LogP contribution in [0.15, 0.2) is 43.2 Å². The van der Waals surface area contributed by atoms with Gasteiger partial charge >= 0.3 is 0 Å². The van der Waals surface area contributed by atoms with Crippen LogP contribution in [0.1, 0.15) is 49.4 Å². The SMILES string of the molecule is C=Cc1cc(C)cc(C)c1Nc1nc2ccnn2c2c1ccn2C(CC)CC. The molecule has 0 amide bonds. The van der Waals surface area contributed by atoms with Gasteiger partial charge in [0.25, 0.3) is 0 Å². The summed E-state index contributed by atoms with van der Waals surface area (Å²) in [6.45, 7) is 12.7. The highest BCUT2D eigenvalue weighted by Gasteiger charge is 2.18. The fourth-order valence-electron chi connectivity index (χ4n) is 4.09. The maximum absolute atomic E-state index is 4.86. The summed E-state index contributed by atoms with van der Waals surface area (Å²) in [6.07, 6.45) is 8.01. The van der Waals surface area contributed by atoms with E-state index in [1.54, 1.807) is 0 Å². The topological polar surface area (TPSA) is 47.1 Å². The molecule has 4 aromatic rings. The molecule has 3 heterocycles. The lowest BCUT2D eigenvalue weighted by molar-refractivity contribution is 0.481. The van der Waals surface area contributed by atoms with Crippen LogP contribution in [-0.4, -0.2) is 19.2 Å². The third-order valence-electron chi connectivity index (χ3n) is 5.50. The van der Waals surface area contributed by atoms with Crippen molar-refractivity contribution >= 4 is 34.3 Å². The Morgan fingerprint density at radius 3 is 2.68 bits per heavy atom. The van der Waals surface area contributed by atoms with Crippen molar-refractivity contribution in [2.75, 3.05) is 5.32 Å². The minimum atomic E-state index is 0.435. The number of hydrogen-bond acceptors (Lipinski definition) is 3. The first-order valence-electron chi connectivity index (χ1n) is 9.92. The highest BCUT2D eigenvalue weighted by Crippen LogP contribution is 2.33. The van der Waals surface area contributed by atoms with Gasteiger partial charge in [0, 0.05) is 24.0 Å². The Hall–Kier alpha value is -3.08. The van der Waals surface area contributed by atoms with Gasteiger partial charge in [0.2, 0.25) is 0 Å². The van der Waals surface area contributed by atoms with Gasteiger partial charge in [-0.25, -0.2) is 4.98 Å². The molecular weight excluding hydrogens is 346 g/mol. The maximum atomic E-state index is 4.86. The van der Waals surface area contributed by atoms with Crippen molar-refractivity contribution in [3.63, 3.8) is 0 Å². The summed E-state index contributed by atoms with van der Waals surface area (Å²) < 4.78 is 4.27. The van der Waals surface area contributed by atoms with E-state index in [4.69, 9.17) is 4.98 Å². The molecule has 5 heteroatoms. The number of aromatic nitrogens is 4. The summed E-state index contributed by atoms with van der Waals surface area (Å²) in [5.41, 5.74) is 6.45. The molecule has 0 aliphatic rings. The van der Waals surface area contributed by atoms with Crippen LogP contribution >= 0.6 is 0 Å². The van der Waals surface area contributed by atoms with Crippen LogP contribution in [0.3, 0.4) is 0 Å². The van der Waals surface area contributed by atoms with Gasteiger partial charge in [-0.15, -0.1) is 0 Å². The normalized spacial score (nSPS) is 11.6. The van der Waals surface area contributed by atoms with E-state index >= 15 is 0 Å². The number of nitrogens with zero attached hydrogens (tertiary/aromatic N) is 4. The number of benzene rings is 1. The lowest BCUT2D eigenvalue weighted by Gasteiger charge is -2.18. The third kappa shape index (κ3) is 2.87. The zero-order valence-electron chi connectivity index (χ0n) is 17.0. The van der Waals surface area contributed by atoms with E-state index in [0.29, 0.717) is 6.04 Å². The van der Waals surface area contributed by atoms with Gasteiger partial charge < -0.3 is 9.88 Å². The summed E-state index contributed by atoms with van der Waals surface area (Å²) in [4.78, 5) is 4.86. The lowest BCUT2D eigenvalue weighted by atomic mass is 10.0. The first kappa shape index (κ1) is 18.3. The summed E-state index contributed by atoms with van der Waals surface area (Å²) in [5, 5.41) is 9.19. The second kappa shape index (κ2) is 7.15. The molecule has 0 atom stereocenters. The maximum Gasteiger partial charge on any atom is 0.159 e. The van der Waals surface area contributed by atoms with E-state index in [-0.39, 0.29) is 0 Å². The average Bonchev–Trinajstić information content (AvgIpc) is 3.31. The Kier molecular flexibility index (Phi) is 4.67. The van der Waals surface area contributed by atoms with E-state index in [0.717, 1.165) is 46.6 Å². The van der Waals surface area contributed by atoms with Gasteiger partial charge in [-0.1, -0.05) is 38.1 Å². The van der Waals surface area contributed by atoms with Crippen LogP contribution in [0.4, 0.5) is 11.5 Å². The molecular formula is C23H27N5. The van der Waals surface area contributed by atoms with Crippen LogP contribution in [0.25, 0.3) is 22.8 Å². The van der Waals surface area contributed by atoms with Crippen molar-refractivity contribution in [1.82, 2.24) is 19.2 Å². The molecule has 0 aliphatic heterocycles. The zero-order chi connectivity index (χ0) is 19.8. The van der Waals surface area contributed by atoms with E-state index < -0.39 is 0 Å². The van der Waals surface area contributed by atoms with E-state index in [9.17, 15) is 0 Å². The van der Waals surface area contributed by atoms with Crippen molar-refractivity contribution in [3.8, 4) is 0 Å². The van der Waals surface area contributed by atoms with Gasteiger partial charge in [0.05, 0.1) is 11.6 Å². The van der Waals surface area contributed by atoms with Crippen molar-refractivity contribution in [3.05, 3.63) is 59.9 Å². The quantitative estimate of drug-likeness (QED) is 0.447. The van der Waals surface area contributed by atoms with E-state index in [2.05, 4.69) is 73.7 Å². The number of aryl methyl sites for hydroxylation is 2. The Morgan fingerprint density at radius 2 is 1.96 bits per heavy atom. The summed E-state index contributed by atoms with van der Waals surface area (Å²) in [5.74, 6) is 0.850. The van der Waals surface area contributed by atoms with Crippen molar-refractivity contribution < 1.29 is 0 Å². The Bertz CT molecular complexity index is 1160. The predicted molar refractivity (Wildman–Crippen MR) is 117 cm³/mol. The van der Waals surface area contributed by atoms with Crippen molar-refractivity contribution in [1.29, 1.82) is 0 Å². The number of nitrogens with one attached hydrogen (secondary N) is 1. The van der Waals surface area contributed by atoms with Crippen molar-refractivity contribution in [2.24, 2.45) is 0 Å². The zero-order valence-corrected chi connectivity index (χ0v) is 17.0. The minimum absolute atomic E-state index is 0.435. The van der Waals surface area contributed by atoms with E-state index in [1.807, 2.05) is 22.9 Å². The molecule has 144 valence electrons. The predicted octanol–water partition coefficient (Wildman–Crippen LogP) is 6.05. The largest absolute Gasteiger partial charge is 0.339 e. The molecule has 0 radical (unpaired) electrons. The van der Waals surface area contributed by atoms with Crippen LogP contribution < -0.4 is 5.32 Å². The Morgan fingerprint density at radius 1 is 1.18 bits per heavy atom. The molecule has 1 N–H and O–H groups in total. The molecule has 0 saturated carbocycles. The van der Waals surface area contributed by atoms with Gasteiger partial charge in [-0.3, -0.25) is 0 Å². The Balaban J connectivity index is 1.94. The van der Waals surface area contributed by atoms with Gasteiger partial charge in [-0.05, 0) is 49.9 Å². The fraction of sp³-hybridized carbons (Fsp3) is 0.304. The van der Waals surface area contributed by atoms with Gasteiger partial charge in [0.15, 0.2) is 5.65 Å². The molecule has 0 spiro atoms. The molecule has 28 heavy (non-hydrogen) atoms. The molecule has 0 aliphatic carbocycles. The second-order valence-electron chi connectivity index (χ2n) is 7.37. The number of fused-ring (bicyclic) bond motifs is 3.